The fourth-order valence-electron chi connectivity index (χ4n) is 2.05. The number of hydrogen-bond acceptors (Lipinski definition) is 2. The second kappa shape index (κ2) is 6.62. The van der Waals surface area contributed by atoms with Crippen molar-refractivity contribution < 1.29 is 4.21 Å². The van der Waals surface area contributed by atoms with Gasteiger partial charge in [0.05, 0.1) is 16.0 Å². The van der Waals surface area contributed by atoms with Crippen LogP contribution in [0.5, 0.6) is 0 Å². The van der Waals surface area contributed by atoms with Crippen molar-refractivity contribution in [3.8, 4) is 0 Å². The molecule has 100 valence electrons. The Morgan fingerprint density at radius 1 is 1.05 bits per heavy atom. The van der Waals surface area contributed by atoms with E-state index in [0.717, 1.165) is 12.0 Å². The van der Waals surface area contributed by atoms with E-state index in [1.54, 1.807) is 6.20 Å². The third kappa shape index (κ3) is 3.74. The van der Waals surface area contributed by atoms with E-state index in [1.807, 2.05) is 48.5 Å². The maximum absolute atomic E-state index is 12.7. The average molecular weight is 273 g/mol. The third-order valence-electron chi connectivity index (χ3n) is 2.96. The second-order valence-corrected chi connectivity index (χ2v) is 6.58. The van der Waals surface area contributed by atoms with Crippen LogP contribution in [-0.2, 0) is 10.8 Å². The van der Waals surface area contributed by atoms with Gasteiger partial charge in [-0.25, -0.2) is 4.98 Å². The van der Waals surface area contributed by atoms with Gasteiger partial charge >= 0.3 is 0 Å². The fourth-order valence-corrected chi connectivity index (χ4v) is 3.69. The molecule has 0 aliphatic carbocycles. The Labute approximate surface area is 117 Å². The molecule has 0 saturated carbocycles. The first kappa shape index (κ1) is 13.9. The Hall–Kier alpha value is -1.48. The van der Waals surface area contributed by atoms with Crippen LogP contribution in [0.2, 0.25) is 0 Å². The lowest BCUT2D eigenvalue weighted by Crippen LogP contribution is -2.11. The maximum atomic E-state index is 12.7. The minimum atomic E-state index is -1.10. The highest BCUT2D eigenvalue weighted by Gasteiger charge is 2.22. The highest BCUT2D eigenvalue weighted by Crippen LogP contribution is 2.30. The van der Waals surface area contributed by atoms with Crippen LogP contribution in [0.4, 0.5) is 0 Å². The average Bonchev–Trinajstić information content (AvgIpc) is 2.46. The molecule has 0 N–H and O–H groups in total. The van der Waals surface area contributed by atoms with E-state index < -0.39 is 10.8 Å². The largest absolute Gasteiger partial charge is 0.252 e. The number of nitrogens with zero attached hydrogens (tertiary/aromatic N) is 1. The Bertz CT molecular complexity index is 525. The van der Waals surface area contributed by atoms with Crippen molar-refractivity contribution in [2.75, 3.05) is 0 Å². The molecular weight excluding hydrogens is 254 g/mol. The van der Waals surface area contributed by atoms with Crippen LogP contribution in [-0.4, -0.2) is 9.19 Å². The molecule has 0 aliphatic rings. The molecule has 2 aromatic rings. The van der Waals surface area contributed by atoms with E-state index in [0.29, 0.717) is 10.9 Å². The van der Waals surface area contributed by atoms with E-state index >= 15 is 0 Å². The minimum absolute atomic E-state index is 0.0103. The molecule has 2 nitrogen and oxygen atoms in total. The highest BCUT2D eigenvalue weighted by molar-refractivity contribution is 7.85. The van der Waals surface area contributed by atoms with Crippen LogP contribution in [0.3, 0.4) is 0 Å². The normalized spacial score (nSPS) is 14.3. The van der Waals surface area contributed by atoms with Crippen LogP contribution in [0.15, 0.2) is 59.8 Å². The van der Waals surface area contributed by atoms with Crippen molar-refractivity contribution in [3.05, 3.63) is 60.3 Å². The summed E-state index contributed by atoms with van der Waals surface area (Å²) in [6, 6.07) is 15.7. The number of hydrogen-bond donors (Lipinski definition) is 0. The van der Waals surface area contributed by atoms with E-state index in [4.69, 9.17) is 0 Å². The van der Waals surface area contributed by atoms with Crippen LogP contribution in [0, 0.1) is 5.92 Å². The fraction of sp³-hybridized carbons (Fsp3) is 0.312. The SMILES string of the molecule is CC(C)C[C@@H](c1ccccc1)S(=O)c1ccccn1. The second-order valence-electron chi connectivity index (χ2n) is 4.99. The van der Waals surface area contributed by atoms with Gasteiger partial charge in [0.1, 0.15) is 5.03 Å². The van der Waals surface area contributed by atoms with Gasteiger partial charge in [-0.3, -0.25) is 4.21 Å². The summed E-state index contributed by atoms with van der Waals surface area (Å²) in [4.78, 5) is 4.23. The predicted octanol–water partition coefficient (Wildman–Crippen LogP) is 3.98. The summed E-state index contributed by atoms with van der Waals surface area (Å²) in [6.07, 6.45) is 2.60. The van der Waals surface area contributed by atoms with Gasteiger partial charge in [-0.2, -0.15) is 0 Å². The summed E-state index contributed by atoms with van der Waals surface area (Å²) in [6.45, 7) is 4.32. The molecular formula is C16H19NOS. The summed E-state index contributed by atoms with van der Waals surface area (Å²) in [7, 11) is -1.10. The number of benzene rings is 1. The van der Waals surface area contributed by atoms with Gasteiger partial charge in [-0.15, -0.1) is 0 Å². The van der Waals surface area contributed by atoms with Crippen molar-refractivity contribution >= 4 is 10.8 Å². The van der Waals surface area contributed by atoms with Crippen molar-refractivity contribution in [2.45, 2.75) is 30.5 Å². The van der Waals surface area contributed by atoms with Crippen molar-refractivity contribution in [2.24, 2.45) is 5.92 Å². The number of pyridine rings is 1. The van der Waals surface area contributed by atoms with Crippen molar-refractivity contribution in [3.63, 3.8) is 0 Å². The molecule has 0 fully saturated rings. The van der Waals surface area contributed by atoms with E-state index in [1.165, 1.54) is 0 Å². The molecule has 0 bridgehead atoms. The molecule has 2 rings (SSSR count). The molecule has 0 radical (unpaired) electrons. The molecule has 1 unspecified atom stereocenters. The van der Waals surface area contributed by atoms with E-state index in [-0.39, 0.29) is 5.25 Å². The first-order valence-electron chi connectivity index (χ1n) is 6.55. The van der Waals surface area contributed by atoms with E-state index in [2.05, 4.69) is 18.8 Å². The van der Waals surface area contributed by atoms with Crippen molar-refractivity contribution in [1.82, 2.24) is 4.98 Å². The van der Waals surface area contributed by atoms with Gasteiger partial charge in [-0.1, -0.05) is 50.2 Å². The molecule has 1 aromatic heterocycles. The van der Waals surface area contributed by atoms with Crippen LogP contribution < -0.4 is 0 Å². The molecule has 3 heteroatoms. The molecule has 19 heavy (non-hydrogen) atoms. The zero-order valence-electron chi connectivity index (χ0n) is 11.3. The quantitative estimate of drug-likeness (QED) is 0.825. The summed E-state index contributed by atoms with van der Waals surface area (Å²) in [5.74, 6) is 0.498. The van der Waals surface area contributed by atoms with Crippen LogP contribution >= 0.6 is 0 Å². The minimum Gasteiger partial charge on any atom is -0.252 e. The lowest BCUT2D eigenvalue weighted by atomic mass is 10.0. The molecule has 1 aromatic carbocycles. The van der Waals surface area contributed by atoms with Crippen LogP contribution in [0.25, 0.3) is 0 Å². The number of rotatable bonds is 5. The molecule has 0 aliphatic heterocycles. The van der Waals surface area contributed by atoms with Gasteiger partial charge in [0.25, 0.3) is 0 Å². The highest BCUT2D eigenvalue weighted by atomic mass is 32.2. The monoisotopic (exact) mass is 273 g/mol. The van der Waals surface area contributed by atoms with Gasteiger partial charge in [-0.05, 0) is 30.0 Å². The van der Waals surface area contributed by atoms with E-state index in [9.17, 15) is 4.21 Å². The zero-order valence-corrected chi connectivity index (χ0v) is 12.1. The van der Waals surface area contributed by atoms with Gasteiger partial charge < -0.3 is 0 Å². The Kier molecular flexibility index (Phi) is 4.86. The smallest absolute Gasteiger partial charge is 0.127 e. The lowest BCUT2D eigenvalue weighted by molar-refractivity contribution is 0.564. The van der Waals surface area contributed by atoms with Gasteiger partial charge in [0, 0.05) is 6.20 Å². The third-order valence-corrected chi connectivity index (χ3v) is 4.59. The Morgan fingerprint density at radius 3 is 2.32 bits per heavy atom. The first-order chi connectivity index (χ1) is 9.18. The van der Waals surface area contributed by atoms with Gasteiger partial charge in [0.2, 0.25) is 0 Å². The van der Waals surface area contributed by atoms with Crippen LogP contribution in [0.1, 0.15) is 31.1 Å². The Balaban J connectivity index is 2.31. The topological polar surface area (TPSA) is 30.0 Å². The van der Waals surface area contributed by atoms with Gasteiger partial charge in [0.15, 0.2) is 0 Å². The molecule has 0 saturated heterocycles. The number of aromatic nitrogens is 1. The molecule has 0 amide bonds. The predicted molar refractivity (Wildman–Crippen MR) is 79.3 cm³/mol. The summed E-state index contributed by atoms with van der Waals surface area (Å²) in [5.41, 5.74) is 1.13. The standard InChI is InChI=1S/C16H19NOS/c1-13(2)12-15(14-8-4-3-5-9-14)19(18)16-10-6-7-11-17-16/h3-11,13,15H,12H2,1-2H3/t15-,19?/m0/s1. The van der Waals surface area contributed by atoms with Crippen molar-refractivity contribution in [1.29, 1.82) is 0 Å². The summed E-state index contributed by atoms with van der Waals surface area (Å²) in [5, 5.41) is 0.674. The maximum Gasteiger partial charge on any atom is 0.127 e. The Morgan fingerprint density at radius 2 is 1.74 bits per heavy atom. The zero-order chi connectivity index (χ0) is 13.7. The molecule has 0 spiro atoms. The summed E-state index contributed by atoms with van der Waals surface area (Å²) >= 11 is 0. The molecule has 1 heterocycles. The first-order valence-corrected chi connectivity index (χ1v) is 7.76. The molecule has 2 atom stereocenters. The lowest BCUT2D eigenvalue weighted by Gasteiger charge is -2.18. The summed E-state index contributed by atoms with van der Waals surface area (Å²) < 4.78 is 12.7.